The van der Waals surface area contributed by atoms with Gasteiger partial charge in [0.2, 0.25) is 0 Å². The van der Waals surface area contributed by atoms with Crippen LogP contribution in [0.4, 0.5) is 0 Å². The van der Waals surface area contributed by atoms with Crippen LogP contribution in [-0.2, 0) is 27.9 Å². The van der Waals surface area contributed by atoms with Crippen LogP contribution >= 0.6 is 7.82 Å². The third kappa shape index (κ3) is 39.9. The van der Waals surface area contributed by atoms with Gasteiger partial charge in [-0.3, -0.25) is 13.8 Å². The molecule has 0 fully saturated rings. The normalized spacial score (nSPS) is 14.0. The molecule has 0 amide bonds. The second kappa shape index (κ2) is 35.8. The molecule has 302 valence electrons. The second-order valence-corrected chi connectivity index (χ2v) is 16.9. The maximum atomic E-state index is 12.6. The van der Waals surface area contributed by atoms with Crippen molar-refractivity contribution < 1.29 is 37.3 Å². The number of unbranched alkanes of at least 4 members (excludes halogenated alkanes) is 23. The van der Waals surface area contributed by atoms with Gasteiger partial charge in [0, 0.05) is 6.42 Å². The predicted molar refractivity (Wildman–Crippen MR) is 215 cm³/mol. The molecule has 0 aliphatic rings. The van der Waals surface area contributed by atoms with Crippen LogP contribution in [0.15, 0.2) is 24.5 Å². The number of ether oxygens (including phenoxy) is 2. The molecule has 0 rings (SSSR count). The summed E-state index contributed by atoms with van der Waals surface area (Å²) in [6, 6.07) is 0. The first kappa shape index (κ1) is 49.8. The smallest absolute Gasteiger partial charge is 0.472 e. The molecule has 0 aromatic heterocycles. The highest BCUT2D eigenvalue weighted by molar-refractivity contribution is 7.47. The van der Waals surface area contributed by atoms with Crippen LogP contribution in [0.5, 0.6) is 0 Å². The van der Waals surface area contributed by atoms with E-state index in [-0.39, 0.29) is 25.8 Å². The minimum Gasteiger partial charge on any atom is -0.498 e. The molecule has 0 aromatic rings. The van der Waals surface area contributed by atoms with Gasteiger partial charge in [0.05, 0.1) is 34.0 Å². The van der Waals surface area contributed by atoms with E-state index in [1.807, 2.05) is 27.2 Å². The third-order valence-electron chi connectivity index (χ3n) is 9.08. The fourth-order valence-corrected chi connectivity index (χ4v) is 6.48. The van der Waals surface area contributed by atoms with Gasteiger partial charge in [-0.1, -0.05) is 154 Å². The van der Waals surface area contributed by atoms with Crippen molar-refractivity contribution in [1.29, 1.82) is 0 Å². The Kier molecular flexibility index (Phi) is 35.0. The number of likely N-dealkylation sites (N-methyl/N-ethyl adjacent to an activating group) is 1. The van der Waals surface area contributed by atoms with Crippen molar-refractivity contribution in [2.75, 3.05) is 47.5 Å². The van der Waals surface area contributed by atoms with Crippen molar-refractivity contribution in [3.05, 3.63) is 24.5 Å². The quantitative estimate of drug-likeness (QED) is 0.0167. The molecule has 0 aliphatic carbocycles. The number of carbonyl (C=O) groups excluding carboxylic acids is 1. The Bertz CT molecular complexity index is 874. The molecule has 2 atom stereocenters. The number of rotatable bonds is 39. The number of nitrogens with zero attached hydrogens (tertiary/aromatic N) is 1. The molecule has 1 unspecified atom stereocenters. The van der Waals surface area contributed by atoms with Crippen LogP contribution in [0, 0.1) is 0 Å². The number of allylic oxidation sites excluding steroid dienone is 3. The maximum Gasteiger partial charge on any atom is 0.472 e. The highest BCUT2D eigenvalue weighted by Gasteiger charge is 2.26. The molecular formula is C42H83NO7P+. The summed E-state index contributed by atoms with van der Waals surface area (Å²) in [5.74, 6) is -0.345. The number of phosphoric acid groups is 1. The van der Waals surface area contributed by atoms with Crippen molar-refractivity contribution in [3.8, 4) is 0 Å². The van der Waals surface area contributed by atoms with E-state index in [2.05, 4.69) is 26.0 Å². The van der Waals surface area contributed by atoms with Gasteiger partial charge in [-0.05, 0) is 44.6 Å². The van der Waals surface area contributed by atoms with Crippen LogP contribution in [0.2, 0.25) is 0 Å². The van der Waals surface area contributed by atoms with Crippen LogP contribution in [0.3, 0.4) is 0 Å². The van der Waals surface area contributed by atoms with Gasteiger partial charge >= 0.3 is 13.8 Å². The fourth-order valence-electron chi connectivity index (χ4n) is 5.73. The van der Waals surface area contributed by atoms with Crippen LogP contribution < -0.4 is 0 Å². The lowest BCUT2D eigenvalue weighted by atomic mass is 10.0. The fraction of sp³-hybridized carbons (Fsp3) is 0.881. The Morgan fingerprint density at radius 3 is 1.57 bits per heavy atom. The molecular weight excluding hydrogens is 661 g/mol. The molecule has 1 N–H and O–H groups in total. The molecule has 0 aromatic carbocycles. The van der Waals surface area contributed by atoms with Gasteiger partial charge in [-0.2, -0.15) is 0 Å². The Balaban J connectivity index is 4.25. The lowest BCUT2D eigenvalue weighted by Crippen LogP contribution is -2.37. The lowest BCUT2D eigenvalue weighted by molar-refractivity contribution is -0.870. The van der Waals surface area contributed by atoms with Crippen molar-refractivity contribution in [2.24, 2.45) is 0 Å². The van der Waals surface area contributed by atoms with Gasteiger partial charge in [0.1, 0.15) is 19.8 Å². The van der Waals surface area contributed by atoms with E-state index in [4.69, 9.17) is 18.5 Å². The predicted octanol–water partition coefficient (Wildman–Crippen LogP) is 12.4. The van der Waals surface area contributed by atoms with Crippen molar-refractivity contribution >= 4 is 13.8 Å². The number of esters is 1. The first-order chi connectivity index (χ1) is 24.6. The first-order valence-electron chi connectivity index (χ1n) is 21.1. The Hall–Kier alpha value is -1.18. The van der Waals surface area contributed by atoms with E-state index in [0.29, 0.717) is 17.4 Å². The zero-order chi connectivity index (χ0) is 37.7. The summed E-state index contributed by atoms with van der Waals surface area (Å²) in [7, 11) is 1.63. The Morgan fingerprint density at radius 1 is 0.608 bits per heavy atom. The van der Waals surface area contributed by atoms with Gasteiger partial charge < -0.3 is 18.9 Å². The number of carbonyl (C=O) groups is 1. The number of hydrogen-bond acceptors (Lipinski definition) is 6. The summed E-state index contributed by atoms with van der Waals surface area (Å²) in [4.78, 5) is 22.8. The number of quaternary nitrogens is 1. The van der Waals surface area contributed by atoms with Crippen molar-refractivity contribution in [3.63, 3.8) is 0 Å². The summed E-state index contributed by atoms with van der Waals surface area (Å²) in [6.07, 6.45) is 40.2. The van der Waals surface area contributed by atoms with Gasteiger partial charge in [-0.25, -0.2) is 4.57 Å². The highest BCUT2D eigenvalue weighted by atomic mass is 31.2. The molecule has 0 saturated heterocycles. The lowest BCUT2D eigenvalue weighted by Gasteiger charge is -2.24. The van der Waals surface area contributed by atoms with Gasteiger partial charge in [0.15, 0.2) is 6.10 Å². The summed E-state index contributed by atoms with van der Waals surface area (Å²) in [5, 5.41) is 0. The van der Waals surface area contributed by atoms with Crippen LogP contribution in [-0.4, -0.2) is 69.0 Å². The molecule has 0 spiro atoms. The minimum atomic E-state index is -4.28. The molecule has 51 heavy (non-hydrogen) atoms. The first-order valence-corrected chi connectivity index (χ1v) is 22.6. The van der Waals surface area contributed by atoms with Gasteiger partial charge in [0.25, 0.3) is 0 Å². The summed E-state index contributed by atoms with van der Waals surface area (Å²) in [5.41, 5.74) is 0. The second-order valence-electron chi connectivity index (χ2n) is 15.4. The highest BCUT2D eigenvalue weighted by Crippen LogP contribution is 2.43. The topological polar surface area (TPSA) is 91.3 Å². The average molecular weight is 745 g/mol. The molecule has 9 heteroatoms. The largest absolute Gasteiger partial charge is 0.498 e. The Labute approximate surface area is 315 Å². The number of hydrogen-bond donors (Lipinski definition) is 1. The standard InChI is InChI=1S/C42H82NO7P/c1-6-8-10-12-14-16-18-19-20-21-22-23-24-26-28-30-32-34-37-47-39-41(40-49-51(45,46)48-38-36-43(3,4)5)50-42(44)35-33-31-29-27-25-17-15-13-11-9-7-2/h13,15,34,37,41H,6-12,14,16-33,35-36,38-40H2,1-5H3/p+1/b15-13-,37-34-/t41-/m1/s1. The Morgan fingerprint density at radius 2 is 1.06 bits per heavy atom. The van der Waals surface area contributed by atoms with E-state index in [1.54, 1.807) is 6.26 Å². The van der Waals surface area contributed by atoms with Crippen molar-refractivity contribution in [2.45, 2.75) is 193 Å². The molecule has 0 aliphatic heterocycles. The van der Waals surface area contributed by atoms with E-state index in [0.717, 1.165) is 44.9 Å². The molecule has 0 saturated carbocycles. The molecule has 8 nitrogen and oxygen atoms in total. The molecule has 0 heterocycles. The summed E-state index contributed by atoms with van der Waals surface area (Å²) < 4.78 is 34.6. The number of phosphoric ester groups is 1. The van der Waals surface area contributed by atoms with Crippen molar-refractivity contribution in [1.82, 2.24) is 0 Å². The summed E-state index contributed by atoms with van der Waals surface area (Å²) in [6.45, 7) is 4.89. The maximum absolute atomic E-state index is 12.6. The summed E-state index contributed by atoms with van der Waals surface area (Å²) >= 11 is 0. The van der Waals surface area contributed by atoms with E-state index in [1.165, 1.54) is 122 Å². The van der Waals surface area contributed by atoms with Gasteiger partial charge in [-0.15, -0.1) is 0 Å². The van der Waals surface area contributed by atoms with E-state index >= 15 is 0 Å². The minimum absolute atomic E-state index is 0.0475. The van der Waals surface area contributed by atoms with Crippen LogP contribution in [0.25, 0.3) is 0 Å². The zero-order valence-corrected chi connectivity index (χ0v) is 35.0. The zero-order valence-electron chi connectivity index (χ0n) is 34.1. The van der Waals surface area contributed by atoms with E-state index < -0.39 is 13.9 Å². The van der Waals surface area contributed by atoms with E-state index in [9.17, 15) is 14.3 Å². The third-order valence-corrected chi connectivity index (χ3v) is 10.1. The molecule has 0 bridgehead atoms. The SMILES string of the molecule is CCCC/C=C\CCCCCCCC(=O)O[C@H](CO/C=C\CCCCCCCCCCCCCCCCCC)COP(=O)(O)OCC[N+](C)(C)C. The molecule has 0 radical (unpaired) electrons. The average Bonchev–Trinajstić information content (AvgIpc) is 3.08. The van der Waals surface area contributed by atoms with Crippen LogP contribution in [0.1, 0.15) is 187 Å². The monoisotopic (exact) mass is 745 g/mol.